The third kappa shape index (κ3) is 4.75. The van der Waals surface area contributed by atoms with Crippen LogP contribution in [0.3, 0.4) is 0 Å². The van der Waals surface area contributed by atoms with Crippen LogP contribution in [-0.2, 0) is 11.0 Å². The molecule has 0 radical (unpaired) electrons. The summed E-state index contributed by atoms with van der Waals surface area (Å²) in [4.78, 5) is 26.8. The standard InChI is InChI=1S/C15H23N3O3Si/c1-12-14(11-16-9-6-10-22(19,20)21-2)18-15(17-12)13-7-4-3-5-8-13/h3-5,7-8,16,19-20H,6,9-11H2,1-2H3,(H,17,18). The molecule has 1 aromatic carbocycles. The number of imidazole rings is 1. The molecule has 0 aliphatic rings. The summed E-state index contributed by atoms with van der Waals surface area (Å²) >= 11 is 0. The minimum atomic E-state index is -3.42. The fourth-order valence-electron chi connectivity index (χ4n) is 2.15. The van der Waals surface area contributed by atoms with Crippen LogP contribution in [0.2, 0.25) is 6.04 Å². The first kappa shape index (κ1) is 16.9. The van der Waals surface area contributed by atoms with Crippen molar-refractivity contribution in [2.45, 2.75) is 25.9 Å². The summed E-state index contributed by atoms with van der Waals surface area (Å²) in [7, 11) is -2.09. The average molecular weight is 321 g/mol. The summed E-state index contributed by atoms with van der Waals surface area (Å²) in [5, 5.41) is 3.27. The highest BCUT2D eigenvalue weighted by Gasteiger charge is 2.29. The molecule has 0 aliphatic carbocycles. The Morgan fingerprint density at radius 3 is 2.68 bits per heavy atom. The van der Waals surface area contributed by atoms with Crippen molar-refractivity contribution in [3.8, 4) is 11.4 Å². The van der Waals surface area contributed by atoms with E-state index < -0.39 is 8.80 Å². The fraction of sp³-hybridized carbons (Fsp3) is 0.400. The molecule has 2 rings (SSSR count). The SMILES string of the molecule is CO[Si](O)(O)CCCNCc1nc(-c2ccccc2)[nH]c1C. The van der Waals surface area contributed by atoms with Gasteiger partial charge in [-0.2, -0.15) is 0 Å². The topological polar surface area (TPSA) is 90.4 Å². The first-order valence-corrected chi connectivity index (χ1v) is 9.34. The summed E-state index contributed by atoms with van der Waals surface area (Å²) in [5.74, 6) is 0.867. The van der Waals surface area contributed by atoms with Crippen LogP contribution in [0.15, 0.2) is 30.3 Å². The van der Waals surface area contributed by atoms with Crippen molar-refractivity contribution in [1.82, 2.24) is 15.3 Å². The van der Waals surface area contributed by atoms with Crippen LogP contribution in [0.5, 0.6) is 0 Å². The van der Waals surface area contributed by atoms with E-state index >= 15 is 0 Å². The number of H-pyrrole nitrogens is 1. The number of nitrogens with one attached hydrogen (secondary N) is 2. The number of nitrogens with zero attached hydrogens (tertiary/aromatic N) is 1. The zero-order valence-electron chi connectivity index (χ0n) is 13.0. The lowest BCUT2D eigenvalue weighted by molar-refractivity contribution is 0.183. The predicted molar refractivity (Wildman–Crippen MR) is 87.1 cm³/mol. The molecule has 7 heteroatoms. The summed E-state index contributed by atoms with van der Waals surface area (Å²) in [5.41, 5.74) is 3.08. The lowest BCUT2D eigenvalue weighted by Gasteiger charge is -2.14. The highest BCUT2D eigenvalue weighted by Crippen LogP contribution is 2.17. The zero-order valence-corrected chi connectivity index (χ0v) is 14.0. The van der Waals surface area contributed by atoms with Crippen molar-refractivity contribution in [3.63, 3.8) is 0 Å². The Kier molecular flexibility index (Phi) is 5.87. The minimum Gasteiger partial charge on any atom is -0.390 e. The third-order valence-corrected chi connectivity index (χ3v) is 5.17. The van der Waals surface area contributed by atoms with Crippen LogP contribution >= 0.6 is 0 Å². The molecule has 2 aromatic rings. The lowest BCUT2D eigenvalue weighted by Crippen LogP contribution is -2.38. The van der Waals surface area contributed by atoms with Crippen LogP contribution in [0.25, 0.3) is 11.4 Å². The second-order valence-electron chi connectivity index (χ2n) is 5.25. The van der Waals surface area contributed by atoms with E-state index in [1.807, 2.05) is 37.3 Å². The molecule has 4 N–H and O–H groups in total. The number of aromatic amines is 1. The molecule has 0 aliphatic heterocycles. The summed E-state index contributed by atoms with van der Waals surface area (Å²) in [6.45, 7) is 3.33. The van der Waals surface area contributed by atoms with E-state index in [4.69, 9.17) is 0 Å². The Morgan fingerprint density at radius 1 is 1.27 bits per heavy atom. The van der Waals surface area contributed by atoms with Crippen molar-refractivity contribution in [3.05, 3.63) is 41.7 Å². The van der Waals surface area contributed by atoms with E-state index in [-0.39, 0.29) is 0 Å². The smallest absolute Gasteiger partial charge is 0.390 e. The van der Waals surface area contributed by atoms with Gasteiger partial charge < -0.3 is 24.3 Å². The molecular formula is C15H23N3O3Si. The summed E-state index contributed by atoms with van der Waals surface area (Å²) in [6.07, 6.45) is 0.655. The van der Waals surface area contributed by atoms with Gasteiger partial charge in [0.05, 0.1) is 5.69 Å². The largest absolute Gasteiger partial charge is 0.495 e. The van der Waals surface area contributed by atoms with E-state index in [1.165, 1.54) is 7.11 Å². The van der Waals surface area contributed by atoms with E-state index in [1.54, 1.807) is 0 Å². The highest BCUT2D eigenvalue weighted by atomic mass is 28.4. The van der Waals surface area contributed by atoms with Gasteiger partial charge in [-0.3, -0.25) is 0 Å². The Labute approximate surface area is 131 Å². The third-order valence-electron chi connectivity index (χ3n) is 3.51. The van der Waals surface area contributed by atoms with Crippen molar-refractivity contribution >= 4 is 8.80 Å². The van der Waals surface area contributed by atoms with Crippen molar-refractivity contribution in [2.24, 2.45) is 0 Å². The second-order valence-corrected chi connectivity index (χ2v) is 7.65. The molecule has 0 amide bonds. The Morgan fingerprint density at radius 2 is 2.00 bits per heavy atom. The van der Waals surface area contributed by atoms with Crippen LogP contribution in [0, 0.1) is 6.92 Å². The molecule has 0 atom stereocenters. The molecule has 1 aromatic heterocycles. The monoisotopic (exact) mass is 321 g/mol. The van der Waals surface area contributed by atoms with Gasteiger partial charge in [-0.1, -0.05) is 30.3 Å². The van der Waals surface area contributed by atoms with Gasteiger partial charge in [0.1, 0.15) is 5.82 Å². The maximum Gasteiger partial charge on any atom is 0.495 e. The van der Waals surface area contributed by atoms with Crippen LogP contribution in [0.4, 0.5) is 0 Å². The molecule has 6 nitrogen and oxygen atoms in total. The number of aromatic nitrogens is 2. The number of aryl methyl sites for hydroxylation is 1. The van der Waals surface area contributed by atoms with Gasteiger partial charge in [-0.15, -0.1) is 0 Å². The van der Waals surface area contributed by atoms with Gasteiger partial charge in [0.25, 0.3) is 0 Å². The maximum atomic E-state index is 9.44. The first-order chi connectivity index (χ1) is 10.5. The van der Waals surface area contributed by atoms with E-state index in [2.05, 4.69) is 19.7 Å². The Bertz CT molecular complexity index is 587. The quantitative estimate of drug-likeness (QED) is 0.436. The fourth-order valence-corrected chi connectivity index (χ4v) is 3.00. The van der Waals surface area contributed by atoms with Gasteiger partial charge in [0.15, 0.2) is 0 Å². The number of benzene rings is 1. The van der Waals surface area contributed by atoms with Crippen LogP contribution in [-0.4, -0.2) is 42.0 Å². The van der Waals surface area contributed by atoms with Crippen molar-refractivity contribution in [1.29, 1.82) is 0 Å². The van der Waals surface area contributed by atoms with E-state index in [0.29, 0.717) is 25.6 Å². The Hall–Kier alpha value is -1.51. The molecule has 0 saturated carbocycles. The first-order valence-electron chi connectivity index (χ1n) is 7.33. The summed E-state index contributed by atoms with van der Waals surface area (Å²) in [6, 6.07) is 10.3. The van der Waals surface area contributed by atoms with Crippen molar-refractivity contribution < 1.29 is 14.0 Å². The lowest BCUT2D eigenvalue weighted by atomic mass is 10.2. The van der Waals surface area contributed by atoms with Crippen LogP contribution < -0.4 is 5.32 Å². The van der Waals surface area contributed by atoms with Gasteiger partial charge in [0.2, 0.25) is 0 Å². The molecule has 1 heterocycles. The number of hydrogen-bond acceptors (Lipinski definition) is 5. The molecule has 120 valence electrons. The molecular weight excluding hydrogens is 298 g/mol. The highest BCUT2D eigenvalue weighted by molar-refractivity contribution is 6.57. The predicted octanol–water partition coefficient (Wildman–Crippen LogP) is 1.43. The van der Waals surface area contributed by atoms with Crippen molar-refractivity contribution in [2.75, 3.05) is 13.7 Å². The molecule has 0 unspecified atom stereocenters. The van der Waals surface area contributed by atoms with E-state index in [0.717, 1.165) is 22.8 Å². The Balaban J connectivity index is 1.83. The number of rotatable bonds is 8. The van der Waals surface area contributed by atoms with Gasteiger partial charge >= 0.3 is 8.80 Å². The molecule has 0 saturated heterocycles. The molecule has 22 heavy (non-hydrogen) atoms. The average Bonchev–Trinajstić information content (AvgIpc) is 2.89. The van der Waals surface area contributed by atoms with Crippen LogP contribution in [0.1, 0.15) is 17.8 Å². The molecule has 0 fully saturated rings. The minimum absolute atomic E-state index is 0.297. The van der Waals surface area contributed by atoms with Gasteiger partial charge in [-0.05, 0) is 19.9 Å². The number of hydrogen-bond donors (Lipinski definition) is 4. The van der Waals surface area contributed by atoms with Gasteiger partial charge in [0, 0.05) is 31.0 Å². The summed E-state index contributed by atoms with van der Waals surface area (Å²) < 4.78 is 4.68. The second kappa shape index (κ2) is 7.66. The molecule has 0 spiro atoms. The molecule has 0 bridgehead atoms. The van der Waals surface area contributed by atoms with Gasteiger partial charge in [-0.25, -0.2) is 4.98 Å². The maximum absolute atomic E-state index is 9.44. The van der Waals surface area contributed by atoms with E-state index in [9.17, 15) is 9.59 Å². The zero-order chi connectivity index (χ0) is 16.0. The normalized spacial score (nSPS) is 11.8.